The van der Waals surface area contributed by atoms with E-state index < -0.39 is 16.0 Å². The third-order valence-electron chi connectivity index (χ3n) is 4.10. The summed E-state index contributed by atoms with van der Waals surface area (Å²) >= 11 is 1.03. The maximum absolute atomic E-state index is 12.7. The zero-order valence-electron chi connectivity index (χ0n) is 13.9. The van der Waals surface area contributed by atoms with Gasteiger partial charge >= 0.3 is 5.97 Å². The quantitative estimate of drug-likeness (QED) is 0.688. The molecule has 0 saturated heterocycles. The van der Waals surface area contributed by atoms with Crippen LogP contribution in [-0.2, 0) is 23.0 Å². The van der Waals surface area contributed by atoms with E-state index in [1.807, 2.05) is 20.0 Å². The van der Waals surface area contributed by atoms with Crippen LogP contribution < -0.4 is 10.0 Å². The number of aromatic carboxylic acids is 1. The van der Waals surface area contributed by atoms with E-state index >= 15 is 0 Å². The minimum Gasteiger partial charge on any atom is -0.478 e. The molecule has 8 nitrogen and oxygen atoms in total. The summed E-state index contributed by atoms with van der Waals surface area (Å²) in [4.78, 5) is 12.4. The van der Waals surface area contributed by atoms with E-state index in [1.54, 1.807) is 10.9 Å². The Morgan fingerprint density at radius 3 is 2.96 bits per heavy atom. The Morgan fingerprint density at radius 2 is 2.32 bits per heavy atom. The second-order valence-electron chi connectivity index (χ2n) is 6.10. The molecule has 0 bridgehead atoms. The topological polar surface area (TPSA) is 113 Å². The van der Waals surface area contributed by atoms with Crippen LogP contribution in [0.5, 0.6) is 0 Å². The zero-order chi connectivity index (χ0) is 18.2. The van der Waals surface area contributed by atoms with Gasteiger partial charge in [-0.2, -0.15) is 5.10 Å². The van der Waals surface area contributed by atoms with Crippen LogP contribution in [0.25, 0.3) is 0 Å². The van der Waals surface area contributed by atoms with Gasteiger partial charge in [-0.15, -0.1) is 11.3 Å². The summed E-state index contributed by atoms with van der Waals surface area (Å²) in [6, 6.07) is -0.187. The highest BCUT2D eigenvalue weighted by Gasteiger charge is 2.32. The molecular weight excluding hydrogens is 364 g/mol. The molecule has 1 atom stereocenters. The molecule has 10 heteroatoms. The average Bonchev–Trinajstić information content (AvgIpc) is 3.16. The fraction of sp³-hybridized carbons (Fsp3) is 0.467. The third-order valence-corrected chi connectivity index (χ3v) is 7.28. The highest BCUT2D eigenvalue weighted by molar-refractivity contribution is 7.91. The number of aromatic nitrogens is 2. The summed E-state index contributed by atoms with van der Waals surface area (Å²) < 4.78 is 29.5. The van der Waals surface area contributed by atoms with Gasteiger partial charge in [0.2, 0.25) is 0 Å². The van der Waals surface area contributed by atoms with E-state index in [1.165, 1.54) is 0 Å². The van der Waals surface area contributed by atoms with Crippen molar-refractivity contribution in [2.75, 3.05) is 13.1 Å². The molecule has 136 valence electrons. The molecule has 1 aliphatic heterocycles. The van der Waals surface area contributed by atoms with Gasteiger partial charge in [0, 0.05) is 24.2 Å². The van der Waals surface area contributed by atoms with E-state index in [-0.39, 0.29) is 22.4 Å². The number of fused-ring (bicyclic) bond motifs is 1. The summed E-state index contributed by atoms with van der Waals surface area (Å²) in [5.74, 6) is -1.20. The smallest absolute Gasteiger partial charge is 0.338 e. The van der Waals surface area contributed by atoms with Crippen molar-refractivity contribution in [1.29, 1.82) is 0 Å². The lowest BCUT2D eigenvalue weighted by atomic mass is 10.1. The first kappa shape index (κ1) is 18.1. The number of nitrogens with one attached hydrogen (secondary N) is 2. The van der Waals surface area contributed by atoms with E-state index in [2.05, 4.69) is 15.1 Å². The summed E-state index contributed by atoms with van der Waals surface area (Å²) in [7, 11) is -3.91. The van der Waals surface area contributed by atoms with E-state index in [4.69, 9.17) is 0 Å². The Bertz CT molecular complexity index is 901. The molecule has 2 aromatic heterocycles. The number of rotatable bonds is 6. The lowest BCUT2D eigenvalue weighted by Crippen LogP contribution is -2.30. The first-order valence-electron chi connectivity index (χ1n) is 7.88. The Hall–Kier alpha value is -1.75. The normalized spacial score (nSPS) is 15.8. The predicted molar refractivity (Wildman–Crippen MR) is 93.6 cm³/mol. The number of aryl methyl sites for hydroxylation is 1. The van der Waals surface area contributed by atoms with Crippen LogP contribution in [-0.4, -0.2) is 42.4 Å². The van der Waals surface area contributed by atoms with E-state index in [0.717, 1.165) is 21.8 Å². The molecule has 2 aromatic rings. The minimum absolute atomic E-state index is 0.0865. The highest BCUT2D eigenvalue weighted by Crippen LogP contribution is 2.34. The Labute approximate surface area is 149 Å². The summed E-state index contributed by atoms with van der Waals surface area (Å²) in [6.07, 6.45) is 4.05. The lowest BCUT2D eigenvalue weighted by molar-refractivity contribution is 0.0692. The SMILES string of the molecule is Cc1cnn([C@H](C)CNS(=O)(=O)c2sc3c(c2C(=O)O)CCNC3)c1. The van der Waals surface area contributed by atoms with Gasteiger partial charge in [-0.3, -0.25) is 4.68 Å². The van der Waals surface area contributed by atoms with Gasteiger partial charge in [0.05, 0.1) is 17.8 Å². The van der Waals surface area contributed by atoms with Crippen molar-refractivity contribution in [3.8, 4) is 0 Å². The molecule has 0 unspecified atom stereocenters. The van der Waals surface area contributed by atoms with E-state index in [9.17, 15) is 18.3 Å². The van der Waals surface area contributed by atoms with Gasteiger partial charge in [-0.1, -0.05) is 0 Å². The lowest BCUT2D eigenvalue weighted by Gasteiger charge is -2.14. The second-order valence-corrected chi connectivity index (χ2v) is 9.16. The van der Waals surface area contributed by atoms with Crippen LogP contribution in [0.4, 0.5) is 0 Å². The molecule has 3 N–H and O–H groups in total. The van der Waals surface area contributed by atoms with Gasteiger partial charge in [-0.05, 0) is 37.9 Å². The molecule has 0 aromatic carbocycles. The number of carbonyl (C=O) groups is 1. The minimum atomic E-state index is -3.91. The van der Waals surface area contributed by atoms with Crippen molar-refractivity contribution in [1.82, 2.24) is 19.8 Å². The Morgan fingerprint density at radius 1 is 1.56 bits per heavy atom. The number of hydrogen-bond donors (Lipinski definition) is 3. The maximum Gasteiger partial charge on any atom is 0.338 e. The number of thiophene rings is 1. The number of nitrogens with zero attached hydrogens (tertiary/aromatic N) is 2. The third kappa shape index (κ3) is 3.61. The zero-order valence-corrected chi connectivity index (χ0v) is 15.6. The van der Waals surface area contributed by atoms with Gasteiger partial charge in [-0.25, -0.2) is 17.9 Å². The van der Waals surface area contributed by atoms with Gasteiger partial charge < -0.3 is 10.4 Å². The highest BCUT2D eigenvalue weighted by atomic mass is 32.2. The van der Waals surface area contributed by atoms with Crippen LogP contribution in [0.3, 0.4) is 0 Å². The van der Waals surface area contributed by atoms with Crippen LogP contribution in [0.15, 0.2) is 16.6 Å². The van der Waals surface area contributed by atoms with Crippen LogP contribution >= 0.6 is 11.3 Å². The molecule has 0 fully saturated rings. The Balaban J connectivity index is 1.85. The molecule has 0 radical (unpaired) electrons. The number of hydrogen-bond acceptors (Lipinski definition) is 6. The van der Waals surface area contributed by atoms with Crippen molar-refractivity contribution < 1.29 is 18.3 Å². The predicted octanol–water partition coefficient (Wildman–Crippen LogP) is 1.14. The second kappa shape index (κ2) is 6.87. The molecular formula is C15H20N4O4S2. The van der Waals surface area contributed by atoms with Crippen LogP contribution in [0, 0.1) is 6.92 Å². The van der Waals surface area contributed by atoms with Crippen LogP contribution in [0.2, 0.25) is 0 Å². The summed E-state index contributed by atoms with van der Waals surface area (Å²) in [6.45, 7) is 5.02. The van der Waals surface area contributed by atoms with Gasteiger partial charge in [0.15, 0.2) is 0 Å². The number of carboxylic acid groups (broad SMARTS) is 1. The fourth-order valence-electron chi connectivity index (χ4n) is 2.78. The molecule has 3 heterocycles. The van der Waals surface area contributed by atoms with Crippen LogP contribution in [0.1, 0.15) is 39.3 Å². The van der Waals surface area contributed by atoms with Crippen molar-refractivity contribution in [2.45, 2.75) is 37.1 Å². The van der Waals surface area contributed by atoms with Crippen molar-refractivity contribution >= 4 is 27.3 Å². The molecule has 0 amide bonds. The molecule has 25 heavy (non-hydrogen) atoms. The standard InChI is InChI=1S/C15H20N4O4S2/c1-9-5-17-19(8-9)10(2)6-18-25(22,23)15-13(14(20)21)11-3-4-16-7-12(11)24-15/h5,8,10,16,18H,3-4,6-7H2,1-2H3,(H,20,21)/t10-/m1/s1. The van der Waals surface area contributed by atoms with Crippen molar-refractivity contribution in [3.05, 3.63) is 34.0 Å². The van der Waals surface area contributed by atoms with Crippen molar-refractivity contribution in [2.24, 2.45) is 0 Å². The molecule has 0 aliphatic carbocycles. The Kier molecular flexibility index (Phi) is 4.96. The number of carboxylic acids is 1. The maximum atomic E-state index is 12.7. The fourth-order valence-corrected chi connectivity index (χ4v) is 5.80. The number of sulfonamides is 1. The van der Waals surface area contributed by atoms with E-state index in [0.29, 0.717) is 25.1 Å². The molecule has 0 spiro atoms. The average molecular weight is 384 g/mol. The first-order valence-corrected chi connectivity index (χ1v) is 10.2. The molecule has 3 rings (SSSR count). The summed E-state index contributed by atoms with van der Waals surface area (Å²) in [5.41, 5.74) is 1.53. The molecule has 0 saturated carbocycles. The first-order chi connectivity index (χ1) is 11.8. The van der Waals surface area contributed by atoms with Crippen molar-refractivity contribution in [3.63, 3.8) is 0 Å². The monoisotopic (exact) mass is 384 g/mol. The van der Waals surface area contributed by atoms with Gasteiger partial charge in [0.1, 0.15) is 4.21 Å². The van der Waals surface area contributed by atoms with Gasteiger partial charge in [0.25, 0.3) is 10.0 Å². The largest absolute Gasteiger partial charge is 0.478 e. The summed E-state index contributed by atoms with van der Waals surface area (Å²) in [5, 5.41) is 16.8. The molecule has 1 aliphatic rings.